The van der Waals surface area contributed by atoms with Gasteiger partial charge in [0.15, 0.2) is 11.6 Å². The van der Waals surface area contributed by atoms with Crippen LogP contribution in [-0.2, 0) is 4.79 Å². The molecule has 1 aromatic carbocycles. The third kappa shape index (κ3) is 3.21. The summed E-state index contributed by atoms with van der Waals surface area (Å²) in [7, 11) is 1.26. The summed E-state index contributed by atoms with van der Waals surface area (Å²) in [6.45, 7) is 0. The van der Waals surface area contributed by atoms with Crippen molar-refractivity contribution in [2.75, 3.05) is 12.4 Å². The van der Waals surface area contributed by atoms with Crippen LogP contribution >= 0.6 is 0 Å². The van der Waals surface area contributed by atoms with E-state index >= 15 is 0 Å². The highest BCUT2D eigenvalue weighted by Crippen LogP contribution is 2.34. The van der Waals surface area contributed by atoms with Gasteiger partial charge in [-0.25, -0.2) is 4.39 Å². The number of nitro groups is 1. The number of carbonyl (C=O) groups is 1. The molecule has 114 valence electrons. The molecule has 0 bridgehead atoms. The second-order valence-corrected chi connectivity index (χ2v) is 4.95. The Bertz CT molecular complexity index is 578. The van der Waals surface area contributed by atoms with Crippen molar-refractivity contribution in [2.45, 2.75) is 25.3 Å². The maximum Gasteiger partial charge on any atom is 0.313 e. The minimum atomic E-state index is -0.860. The van der Waals surface area contributed by atoms with Crippen LogP contribution in [0.5, 0.6) is 5.75 Å². The molecule has 1 aliphatic carbocycles. The minimum Gasteiger partial charge on any atom is -0.490 e. The van der Waals surface area contributed by atoms with Crippen molar-refractivity contribution in [3.8, 4) is 5.75 Å². The van der Waals surface area contributed by atoms with Gasteiger partial charge < -0.3 is 15.2 Å². The van der Waals surface area contributed by atoms with E-state index in [1.165, 1.54) is 13.2 Å². The predicted molar refractivity (Wildman–Crippen MR) is 72.0 cm³/mol. The Morgan fingerprint density at radius 1 is 1.52 bits per heavy atom. The molecule has 1 aromatic rings. The van der Waals surface area contributed by atoms with Crippen LogP contribution in [0.2, 0.25) is 0 Å². The SMILES string of the molecule is COc1cc(N[C@H]2CC[C@@H](C(=O)O)C2)c(F)cc1[N+](=O)[O-]. The lowest BCUT2D eigenvalue weighted by atomic mass is 10.1. The molecule has 1 aliphatic rings. The standard InChI is InChI=1S/C13H15FN2O5/c1-21-12-6-10(9(14)5-11(12)16(19)20)15-8-3-2-7(4-8)13(17)18/h5-8,15H,2-4H2,1H3,(H,17,18)/t7-,8+/m1/s1. The summed E-state index contributed by atoms with van der Waals surface area (Å²) in [6.07, 6.45) is 1.53. The van der Waals surface area contributed by atoms with Gasteiger partial charge in [-0.3, -0.25) is 14.9 Å². The van der Waals surface area contributed by atoms with Crippen LogP contribution < -0.4 is 10.1 Å². The topological polar surface area (TPSA) is 102 Å². The number of carboxylic acids is 1. The summed E-state index contributed by atoms with van der Waals surface area (Å²) in [4.78, 5) is 20.9. The van der Waals surface area contributed by atoms with Crippen molar-refractivity contribution < 1.29 is 24.0 Å². The third-order valence-corrected chi connectivity index (χ3v) is 3.61. The number of ether oxygens (including phenoxy) is 1. The van der Waals surface area contributed by atoms with Crippen molar-refractivity contribution in [3.05, 3.63) is 28.1 Å². The number of carboxylic acid groups (broad SMARTS) is 1. The highest BCUT2D eigenvalue weighted by Gasteiger charge is 2.30. The zero-order chi connectivity index (χ0) is 15.6. The Labute approximate surface area is 119 Å². The Kier molecular flexibility index (Phi) is 4.25. The van der Waals surface area contributed by atoms with Crippen LogP contribution in [0.4, 0.5) is 15.8 Å². The number of aliphatic carboxylic acids is 1. The van der Waals surface area contributed by atoms with E-state index in [1.54, 1.807) is 0 Å². The molecule has 0 saturated heterocycles. The van der Waals surface area contributed by atoms with Gasteiger partial charge in [0, 0.05) is 12.1 Å². The molecule has 2 rings (SSSR count). The normalized spacial score (nSPS) is 21.0. The van der Waals surface area contributed by atoms with Gasteiger partial charge in [-0.05, 0) is 19.3 Å². The van der Waals surface area contributed by atoms with Crippen molar-refractivity contribution in [2.24, 2.45) is 5.92 Å². The molecule has 21 heavy (non-hydrogen) atoms. The Morgan fingerprint density at radius 3 is 2.76 bits per heavy atom. The first-order valence-corrected chi connectivity index (χ1v) is 6.43. The first kappa shape index (κ1) is 15.0. The summed E-state index contributed by atoms with van der Waals surface area (Å²) in [6, 6.07) is 1.85. The van der Waals surface area contributed by atoms with Crippen LogP contribution in [0.3, 0.4) is 0 Å². The van der Waals surface area contributed by atoms with Crippen molar-refractivity contribution >= 4 is 17.3 Å². The van der Waals surface area contributed by atoms with Crippen molar-refractivity contribution in [3.63, 3.8) is 0 Å². The van der Waals surface area contributed by atoms with E-state index in [0.717, 1.165) is 6.07 Å². The highest BCUT2D eigenvalue weighted by atomic mass is 19.1. The average molecular weight is 298 g/mol. The first-order chi connectivity index (χ1) is 9.92. The van der Waals surface area contributed by atoms with Crippen molar-refractivity contribution in [1.82, 2.24) is 0 Å². The molecule has 8 heteroatoms. The Morgan fingerprint density at radius 2 is 2.24 bits per heavy atom. The first-order valence-electron chi connectivity index (χ1n) is 6.43. The van der Waals surface area contributed by atoms with Crippen LogP contribution in [0.15, 0.2) is 12.1 Å². The minimum absolute atomic E-state index is 0.0447. The summed E-state index contributed by atoms with van der Waals surface area (Å²) in [5, 5.41) is 22.6. The number of methoxy groups -OCH3 is 1. The number of nitro benzene ring substituents is 1. The van der Waals surface area contributed by atoms with E-state index in [4.69, 9.17) is 9.84 Å². The molecule has 1 saturated carbocycles. The molecule has 2 atom stereocenters. The molecule has 0 aliphatic heterocycles. The molecular weight excluding hydrogens is 283 g/mol. The molecule has 0 aromatic heterocycles. The van der Waals surface area contributed by atoms with Gasteiger partial charge >= 0.3 is 11.7 Å². The van der Waals surface area contributed by atoms with E-state index < -0.39 is 28.3 Å². The Hall–Kier alpha value is -2.38. The smallest absolute Gasteiger partial charge is 0.313 e. The van der Waals surface area contributed by atoms with Gasteiger partial charge in [0.25, 0.3) is 0 Å². The average Bonchev–Trinajstić information content (AvgIpc) is 2.89. The van der Waals surface area contributed by atoms with Crippen LogP contribution in [-0.4, -0.2) is 29.2 Å². The molecule has 0 amide bonds. The van der Waals surface area contributed by atoms with Gasteiger partial charge in [-0.15, -0.1) is 0 Å². The molecule has 0 radical (unpaired) electrons. The molecule has 0 spiro atoms. The van der Waals surface area contributed by atoms with E-state index in [-0.39, 0.29) is 17.5 Å². The van der Waals surface area contributed by atoms with Crippen LogP contribution in [0, 0.1) is 21.8 Å². The second-order valence-electron chi connectivity index (χ2n) is 4.95. The molecule has 0 unspecified atom stereocenters. The number of hydrogen-bond donors (Lipinski definition) is 2. The quantitative estimate of drug-likeness (QED) is 0.639. The number of halogens is 1. The number of hydrogen-bond acceptors (Lipinski definition) is 5. The maximum atomic E-state index is 13.9. The number of anilines is 1. The fourth-order valence-corrected chi connectivity index (χ4v) is 2.52. The monoisotopic (exact) mass is 298 g/mol. The fourth-order valence-electron chi connectivity index (χ4n) is 2.52. The van der Waals surface area contributed by atoms with Gasteiger partial charge in [-0.2, -0.15) is 0 Å². The predicted octanol–water partition coefficient (Wildman–Crippen LogP) is 2.41. The largest absolute Gasteiger partial charge is 0.490 e. The van der Waals surface area contributed by atoms with E-state index in [0.29, 0.717) is 19.3 Å². The number of nitrogens with one attached hydrogen (secondary N) is 1. The van der Waals surface area contributed by atoms with E-state index in [2.05, 4.69) is 5.32 Å². The summed E-state index contributed by atoms with van der Waals surface area (Å²) in [5.74, 6) is -2.11. The maximum absolute atomic E-state index is 13.9. The van der Waals surface area contributed by atoms with Crippen LogP contribution in [0.1, 0.15) is 19.3 Å². The van der Waals surface area contributed by atoms with Crippen molar-refractivity contribution in [1.29, 1.82) is 0 Å². The highest BCUT2D eigenvalue weighted by molar-refractivity contribution is 5.70. The van der Waals surface area contributed by atoms with E-state index in [9.17, 15) is 19.3 Å². The number of benzene rings is 1. The van der Waals surface area contributed by atoms with Gasteiger partial charge in [0.2, 0.25) is 0 Å². The zero-order valence-electron chi connectivity index (χ0n) is 11.3. The lowest BCUT2D eigenvalue weighted by molar-refractivity contribution is -0.385. The summed E-state index contributed by atoms with van der Waals surface area (Å²) < 4.78 is 18.8. The summed E-state index contributed by atoms with van der Waals surface area (Å²) in [5.41, 5.74) is -0.371. The second kappa shape index (κ2) is 5.94. The van der Waals surface area contributed by atoms with E-state index in [1.807, 2.05) is 0 Å². The summed E-state index contributed by atoms with van der Waals surface area (Å²) >= 11 is 0. The lowest BCUT2D eigenvalue weighted by Crippen LogP contribution is -2.18. The molecule has 7 nitrogen and oxygen atoms in total. The fraction of sp³-hybridized carbons (Fsp3) is 0.462. The van der Waals surface area contributed by atoms with Gasteiger partial charge in [0.05, 0.1) is 29.7 Å². The molecule has 2 N–H and O–H groups in total. The molecule has 1 fully saturated rings. The van der Waals surface area contributed by atoms with Gasteiger partial charge in [0.1, 0.15) is 0 Å². The van der Waals surface area contributed by atoms with Gasteiger partial charge in [-0.1, -0.05) is 0 Å². The molecule has 0 heterocycles. The Balaban J connectivity index is 2.17. The zero-order valence-corrected chi connectivity index (χ0v) is 11.3. The lowest BCUT2D eigenvalue weighted by Gasteiger charge is -2.15. The number of nitrogens with zero attached hydrogens (tertiary/aromatic N) is 1. The van der Waals surface area contributed by atoms with Crippen LogP contribution in [0.25, 0.3) is 0 Å². The number of rotatable bonds is 5. The third-order valence-electron chi connectivity index (χ3n) is 3.61. The molecular formula is C13H15FN2O5.